The van der Waals surface area contributed by atoms with Gasteiger partial charge in [0.25, 0.3) is 0 Å². The molecule has 47 heavy (non-hydrogen) atoms. The number of ketones is 1. The van der Waals surface area contributed by atoms with Crippen molar-refractivity contribution in [1.82, 2.24) is 19.4 Å². The Hall–Kier alpha value is -5.39. The first kappa shape index (κ1) is 31.6. The minimum absolute atomic E-state index is 0.0688. The van der Waals surface area contributed by atoms with Gasteiger partial charge in [0, 0.05) is 52.6 Å². The molecule has 1 fully saturated rings. The van der Waals surface area contributed by atoms with Crippen molar-refractivity contribution in [2.24, 2.45) is 0 Å². The van der Waals surface area contributed by atoms with Gasteiger partial charge in [-0.05, 0) is 67.8 Å². The summed E-state index contributed by atoms with van der Waals surface area (Å²) in [7, 11) is 0. The molecule has 8 nitrogen and oxygen atoms in total. The van der Waals surface area contributed by atoms with Gasteiger partial charge in [0.2, 0.25) is 11.8 Å². The lowest BCUT2D eigenvalue weighted by Crippen LogP contribution is -2.44. The Morgan fingerprint density at radius 1 is 0.936 bits per heavy atom. The quantitative estimate of drug-likeness (QED) is 0.160. The first-order chi connectivity index (χ1) is 22.4. The molecule has 2 atom stereocenters. The minimum Gasteiger partial charge on any atom is -0.337 e. The van der Waals surface area contributed by atoms with Crippen molar-refractivity contribution in [3.05, 3.63) is 102 Å². The molecule has 1 N–H and O–H groups in total. The smallest absolute Gasteiger partial charge is 0.247 e. The van der Waals surface area contributed by atoms with E-state index in [4.69, 9.17) is 0 Å². The molecule has 6 rings (SSSR count). The molecule has 0 aliphatic carbocycles. The highest BCUT2D eigenvalue weighted by Gasteiger charge is 2.40. The van der Waals surface area contributed by atoms with Crippen LogP contribution >= 0.6 is 0 Å². The van der Waals surface area contributed by atoms with Gasteiger partial charge in [-0.25, -0.2) is 27.5 Å². The number of likely N-dealkylation sites (tertiary alicyclic amines) is 1. The molecule has 240 valence electrons. The predicted molar refractivity (Wildman–Crippen MR) is 168 cm³/mol. The third kappa shape index (κ3) is 6.10. The highest BCUT2D eigenvalue weighted by molar-refractivity contribution is 6.08. The summed E-state index contributed by atoms with van der Waals surface area (Å²) in [5.41, 5.74) is 2.54. The molecule has 0 saturated carbocycles. The van der Waals surface area contributed by atoms with Crippen LogP contribution in [0.3, 0.4) is 0 Å². The lowest BCUT2D eigenvalue weighted by atomic mass is 9.99. The molecule has 3 heterocycles. The monoisotopic (exact) mass is 643 g/mol. The molecule has 1 aliphatic heterocycles. The number of benzene rings is 3. The fraction of sp³-hybridized carbons (Fsp3) is 0.229. The van der Waals surface area contributed by atoms with Gasteiger partial charge in [-0.2, -0.15) is 0 Å². The van der Waals surface area contributed by atoms with Gasteiger partial charge in [0.05, 0.1) is 12.2 Å². The molecule has 5 aromatic rings. The van der Waals surface area contributed by atoms with Crippen molar-refractivity contribution >= 4 is 34.2 Å². The molecule has 1 aliphatic rings. The molecule has 0 unspecified atom stereocenters. The summed E-state index contributed by atoms with van der Waals surface area (Å²) in [5, 5.41) is 3.05. The largest absolute Gasteiger partial charge is 0.337 e. The van der Waals surface area contributed by atoms with E-state index in [1.54, 1.807) is 36.1 Å². The zero-order valence-corrected chi connectivity index (χ0v) is 25.7. The Morgan fingerprint density at radius 3 is 2.38 bits per heavy atom. The lowest BCUT2D eigenvalue weighted by molar-refractivity contribution is -0.137. The van der Waals surface area contributed by atoms with Crippen LogP contribution in [0.25, 0.3) is 33.2 Å². The Balaban J connectivity index is 1.25. The first-order valence-electron chi connectivity index (χ1n) is 14.8. The van der Waals surface area contributed by atoms with Crippen LogP contribution in [0, 0.1) is 31.3 Å². The number of nitrogens with zero attached hydrogens (tertiary/aromatic N) is 4. The Bertz CT molecular complexity index is 2060. The molecule has 3 aromatic carbocycles. The molecule has 1 saturated heterocycles. The third-order valence-corrected chi connectivity index (χ3v) is 8.37. The number of hydrogen-bond donors (Lipinski definition) is 1. The summed E-state index contributed by atoms with van der Waals surface area (Å²) < 4.78 is 59.5. The van der Waals surface area contributed by atoms with Crippen LogP contribution in [0.2, 0.25) is 0 Å². The molecular formula is C35H29F4N5O3. The first-order valence-corrected chi connectivity index (χ1v) is 14.8. The van der Waals surface area contributed by atoms with Gasteiger partial charge in [-0.15, -0.1) is 0 Å². The topological polar surface area (TPSA) is 97.2 Å². The number of rotatable bonds is 7. The second-order valence-electron chi connectivity index (χ2n) is 11.6. The highest BCUT2D eigenvalue weighted by atomic mass is 19.2. The average Bonchev–Trinajstić information content (AvgIpc) is 3.61. The molecule has 0 bridgehead atoms. The number of halogens is 4. The molecule has 0 spiro atoms. The van der Waals surface area contributed by atoms with Gasteiger partial charge in [0.15, 0.2) is 23.2 Å². The Labute approximate surface area is 267 Å². The number of fused-ring (bicyclic) bond motifs is 1. The van der Waals surface area contributed by atoms with Crippen molar-refractivity contribution in [1.29, 1.82) is 0 Å². The second-order valence-corrected chi connectivity index (χ2v) is 11.6. The van der Waals surface area contributed by atoms with Crippen LogP contribution in [-0.4, -0.2) is 55.8 Å². The van der Waals surface area contributed by atoms with E-state index < -0.39 is 41.5 Å². The maximum absolute atomic E-state index is 15.6. The van der Waals surface area contributed by atoms with Crippen LogP contribution in [0.1, 0.15) is 35.1 Å². The van der Waals surface area contributed by atoms with Crippen LogP contribution in [0.5, 0.6) is 0 Å². The number of alkyl halides is 1. The average molecular weight is 644 g/mol. The summed E-state index contributed by atoms with van der Waals surface area (Å²) in [6.45, 7) is 4.06. The van der Waals surface area contributed by atoms with Gasteiger partial charge < -0.3 is 14.8 Å². The third-order valence-electron chi connectivity index (χ3n) is 8.37. The lowest BCUT2D eigenvalue weighted by Gasteiger charge is -2.24. The Kier molecular flexibility index (Phi) is 8.35. The van der Waals surface area contributed by atoms with E-state index in [0.29, 0.717) is 22.3 Å². The number of amides is 2. The molecule has 2 amide bonds. The van der Waals surface area contributed by atoms with Crippen LogP contribution < -0.4 is 5.32 Å². The van der Waals surface area contributed by atoms with Gasteiger partial charge in [-0.1, -0.05) is 18.2 Å². The van der Waals surface area contributed by atoms with Crippen molar-refractivity contribution in [2.45, 2.75) is 46.0 Å². The predicted octanol–water partition coefficient (Wildman–Crippen LogP) is 6.58. The van der Waals surface area contributed by atoms with Crippen LogP contribution in [0.15, 0.2) is 67.1 Å². The zero-order valence-electron chi connectivity index (χ0n) is 25.7. The van der Waals surface area contributed by atoms with Crippen molar-refractivity contribution in [3.63, 3.8) is 0 Å². The fourth-order valence-corrected chi connectivity index (χ4v) is 5.96. The fourth-order valence-electron chi connectivity index (χ4n) is 5.96. The number of hydrogen-bond acceptors (Lipinski definition) is 5. The molecule has 12 heteroatoms. The summed E-state index contributed by atoms with van der Waals surface area (Å²) in [6, 6.07) is 10.1. The standard InChI is InChI=1S/C35H29F4N5O3/c1-18-9-28(37)29(38)12-25(18)24-5-4-6-30(34(24)39)42-35(47)32-11-23(36)15-44(32)33(46)17-43-16-27(19(2)45)26-10-21(7-8-31(26)43)22-13-40-20(3)41-14-22/h4-10,12-14,16,23,32H,11,15,17H2,1-3H3,(H,42,47)/t23-,32+/m1/s1. The summed E-state index contributed by atoms with van der Waals surface area (Å²) in [6.07, 6.45) is 3.11. The SMILES string of the molecule is CC(=O)c1cn(CC(=O)N2C[C@H](F)C[C@H]2C(=O)Nc2cccc(-c3cc(F)c(F)cc3C)c2F)c2ccc(-c3cnc(C)nc3)cc12. The van der Waals surface area contributed by atoms with Gasteiger partial charge in [-0.3, -0.25) is 14.4 Å². The number of carbonyl (C=O) groups is 3. The van der Waals surface area contributed by atoms with E-state index in [9.17, 15) is 27.6 Å². The van der Waals surface area contributed by atoms with Gasteiger partial charge >= 0.3 is 0 Å². The summed E-state index contributed by atoms with van der Waals surface area (Å²) >= 11 is 0. The van der Waals surface area contributed by atoms with Crippen molar-refractivity contribution in [2.75, 3.05) is 11.9 Å². The molecule has 0 radical (unpaired) electrons. The molecular weight excluding hydrogens is 614 g/mol. The molecule has 2 aromatic heterocycles. The van der Waals surface area contributed by atoms with Gasteiger partial charge in [0.1, 0.15) is 24.6 Å². The number of aryl methyl sites for hydroxylation is 2. The second kappa shape index (κ2) is 12.4. The van der Waals surface area contributed by atoms with E-state index in [1.807, 2.05) is 12.1 Å². The van der Waals surface area contributed by atoms with Crippen molar-refractivity contribution < 1.29 is 31.9 Å². The number of nitrogens with one attached hydrogen (secondary N) is 1. The van der Waals surface area contributed by atoms with E-state index >= 15 is 4.39 Å². The summed E-state index contributed by atoms with van der Waals surface area (Å²) in [5.74, 6) is -4.10. The number of Topliss-reactive ketones (excluding diaryl/α,β-unsaturated/α-hetero) is 1. The maximum atomic E-state index is 15.6. The van der Waals surface area contributed by atoms with Crippen LogP contribution in [0.4, 0.5) is 23.2 Å². The van der Waals surface area contributed by atoms with Crippen molar-refractivity contribution in [3.8, 4) is 22.3 Å². The number of aromatic nitrogens is 3. The minimum atomic E-state index is -1.50. The maximum Gasteiger partial charge on any atom is 0.247 e. The normalized spacial score (nSPS) is 16.1. The van der Waals surface area contributed by atoms with E-state index in [2.05, 4.69) is 15.3 Å². The van der Waals surface area contributed by atoms with E-state index in [1.165, 1.54) is 32.0 Å². The highest BCUT2D eigenvalue weighted by Crippen LogP contribution is 2.33. The number of carbonyl (C=O) groups excluding carboxylic acids is 3. The van der Waals surface area contributed by atoms with E-state index in [-0.39, 0.29) is 47.7 Å². The summed E-state index contributed by atoms with van der Waals surface area (Å²) in [4.78, 5) is 49.1. The zero-order chi connectivity index (χ0) is 33.6. The van der Waals surface area contributed by atoms with E-state index in [0.717, 1.165) is 28.2 Å². The Morgan fingerprint density at radius 2 is 1.66 bits per heavy atom. The number of anilines is 1. The van der Waals surface area contributed by atoms with Crippen LogP contribution in [-0.2, 0) is 16.1 Å².